The Morgan fingerprint density at radius 3 is 2.16 bits per heavy atom. The monoisotopic (exact) mass is 696 g/mol. The number of aromatic hydroxyl groups is 1. The van der Waals surface area contributed by atoms with Crippen LogP contribution in [0.25, 0.3) is 10.8 Å². The van der Waals surface area contributed by atoms with Crippen LogP contribution in [0.15, 0.2) is 96.6 Å². The molecule has 8 rings (SSSR count). The molecule has 246 valence electrons. The molecule has 4 aromatic carbocycles. The maximum Gasteiger partial charge on any atom is 0.258 e. The number of fused-ring (bicyclic) bond motifs is 5. The van der Waals surface area contributed by atoms with Gasteiger partial charge in [0, 0.05) is 17.0 Å². The number of Topliss-reactive ketones (excluding diaryl/α,β-unsaturated/α-hetero) is 1. The van der Waals surface area contributed by atoms with Crippen LogP contribution in [0, 0.1) is 23.6 Å². The summed E-state index contributed by atoms with van der Waals surface area (Å²) < 4.78 is 13.9. The molecule has 4 amide bonds. The van der Waals surface area contributed by atoms with Crippen molar-refractivity contribution in [3.05, 3.63) is 114 Å². The highest BCUT2D eigenvalue weighted by Crippen LogP contribution is 2.67. The largest absolute Gasteiger partial charge is 0.508 e. The molecule has 11 heteroatoms. The molecule has 2 aliphatic heterocycles. The van der Waals surface area contributed by atoms with E-state index in [0.29, 0.717) is 22.2 Å². The van der Waals surface area contributed by atoms with Gasteiger partial charge in [-0.05, 0) is 91.1 Å². The second-order valence-corrected chi connectivity index (χ2v) is 14.3. The average Bonchev–Trinajstić information content (AvgIpc) is 3.43. The van der Waals surface area contributed by atoms with Gasteiger partial charge in [0.25, 0.3) is 11.8 Å². The standard InChI is InChI=1S/C38H27Cl2FN2O6/c1-19(44)20-6-11-23(12-7-20)42-33(46)27-16-15-26-28(30(27)34(42)47)18-37(39)35(48)43(24-13-9-22(41)10-14-24)36(49)38(37,40)32(26)31-25-5-3-2-4-21(25)8-17-29(31)45/h2-15,17,27-28,30,32,45H,16,18H2,1H3/t27-,28+,30-,32+,37+,38-/m0/s1. The summed E-state index contributed by atoms with van der Waals surface area (Å²) in [6.07, 6.45) is 1.67. The molecule has 2 saturated heterocycles. The number of rotatable bonds is 4. The average molecular weight is 698 g/mol. The predicted molar refractivity (Wildman–Crippen MR) is 181 cm³/mol. The van der Waals surface area contributed by atoms with Crippen LogP contribution in [-0.4, -0.2) is 44.3 Å². The fourth-order valence-corrected chi connectivity index (χ4v) is 9.32. The number of amides is 4. The van der Waals surface area contributed by atoms with Crippen LogP contribution in [0.3, 0.4) is 0 Å². The van der Waals surface area contributed by atoms with Gasteiger partial charge in [0.05, 0.1) is 23.2 Å². The zero-order chi connectivity index (χ0) is 34.6. The van der Waals surface area contributed by atoms with Crippen LogP contribution >= 0.6 is 23.2 Å². The Bertz CT molecular complexity index is 2190. The number of ketones is 1. The van der Waals surface area contributed by atoms with Gasteiger partial charge in [-0.25, -0.2) is 9.29 Å². The van der Waals surface area contributed by atoms with Crippen molar-refractivity contribution in [2.45, 2.75) is 35.4 Å². The molecule has 1 saturated carbocycles. The number of halogens is 3. The van der Waals surface area contributed by atoms with Gasteiger partial charge in [-0.15, -0.1) is 23.2 Å². The van der Waals surface area contributed by atoms with Crippen molar-refractivity contribution < 1.29 is 33.5 Å². The summed E-state index contributed by atoms with van der Waals surface area (Å²) in [5, 5.41) is 12.8. The van der Waals surface area contributed by atoms with Crippen LogP contribution in [0.2, 0.25) is 0 Å². The summed E-state index contributed by atoms with van der Waals surface area (Å²) in [6.45, 7) is 1.42. The molecule has 4 aromatic rings. The van der Waals surface area contributed by atoms with Gasteiger partial charge in [-0.2, -0.15) is 0 Å². The van der Waals surface area contributed by atoms with Crippen LogP contribution in [0.5, 0.6) is 5.75 Å². The van der Waals surface area contributed by atoms with Crippen molar-refractivity contribution in [3.8, 4) is 5.75 Å². The minimum atomic E-state index is -2.19. The molecular weight excluding hydrogens is 670 g/mol. The topological polar surface area (TPSA) is 112 Å². The van der Waals surface area contributed by atoms with E-state index < -0.39 is 62.9 Å². The maximum absolute atomic E-state index is 14.7. The minimum absolute atomic E-state index is 0.0638. The number of alkyl halides is 2. The van der Waals surface area contributed by atoms with Gasteiger partial charge in [0.2, 0.25) is 11.8 Å². The van der Waals surface area contributed by atoms with Crippen molar-refractivity contribution in [1.29, 1.82) is 0 Å². The minimum Gasteiger partial charge on any atom is -0.508 e. The maximum atomic E-state index is 14.7. The third-order valence-electron chi connectivity index (χ3n) is 10.7. The summed E-state index contributed by atoms with van der Waals surface area (Å²) in [4.78, 5) is 67.0. The molecule has 0 spiro atoms. The zero-order valence-corrected chi connectivity index (χ0v) is 27.4. The lowest BCUT2D eigenvalue weighted by atomic mass is 9.56. The Labute approximate surface area is 289 Å². The highest BCUT2D eigenvalue weighted by atomic mass is 35.5. The number of phenolic OH excluding ortho intramolecular Hbond substituents is 1. The van der Waals surface area contributed by atoms with Crippen LogP contribution in [0.1, 0.15) is 41.6 Å². The number of phenols is 1. The quantitative estimate of drug-likeness (QED) is 0.111. The van der Waals surface area contributed by atoms with Crippen molar-refractivity contribution in [2.24, 2.45) is 17.8 Å². The lowest BCUT2D eigenvalue weighted by Crippen LogP contribution is -2.60. The first-order chi connectivity index (χ1) is 23.4. The van der Waals surface area contributed by atoms with E-state index >= 15 is 0 Å². The van der Waals surface area contributed by atoms with E-state index in [1.165, 1.54) is 25.1 Å². The first-order valence-corrected chi connectivity index (χ1v) is 16.6. The predicted octanol–water partition coefficient (Wildman–Crippen LogP) is 6.66. The lowest BCUT2D eigenvalue weighted by molar-refractivity contribution is -0.125. The number of anilines is 2. The number of allylic oxidation sites excluding steroid dienone is 2. The molecule has 6 atom stereocenters. The fraction of sp³-hybridized carbons (Fsp3) is 0.237. The van der Waals surface area contributed by atoms with Gasteiger partial charge >= 0.3 is 0 Å². The van der Waals surface area contributed by atoms with E-state index in [0.717, 1.165) is 27.3 Å². The first-order valence-electron chi connectivity index (χ1n) is 15.8. The number of carbonyl (C=O) groups excluding carboxylic acids is 5. The highest BCUT2D eigenvalue weighted by Gasteiger charge is 2.77. The number of carbonyl (C=O) groups is 5. The number of nitrogens with zero attached hydrogens (tertiary/aromatic N) is 2. The Balaban J connectivity index is 1.32. The summed E-state index contributed by atoms with van der Waals surface area (Å²) in [6, 6.07) is 21.4. The molecule has 0 unspecified atom stereocenters. The number of benzene rings is 4. The number of hydrogen-bond donors (Lipinski definition) is 1. The van der Waals surface area contributed by atoms with Crippen molar-refractivity contribution in [1.82, 2.24) is 0 Å². The van der Waals surface area contributed by atoms with E-state index in [-0.39, 0.29) is 35.6 Å². The second-order valence-electron chi connectivity index (χ2n) is 13.1. The summed E-state index contributed by atoms with van der Waals surface area (Å²) in [5.74, 6) is -7.34. The van der Waals surface area contributed by atoms with E-state index in [1.807, 2.05) is 12.1 Å². The van der Waals surface area contributed by atoms with Crippen molar-refractivity contribution >= 4 is 74.8 Å². The van der Waals surface area contributed by atoms with Crippen LogP contribution in [0.4, 0.5) is 15.8 Å². The molecule has 0 radical (unpaired) electrons. The third kappa shape index (κ3) is 4.18. The van der Waals surface area contributed by atoms with Gasteiger partial charge in [0.15, 0.2) is 15.5 Å². The highest BCUT2D eigenvalue weighted by molar-refractivity contribution is 6.58. The molecule has 3 fully saturated rings. The fourth-order valence-electron chi connectivity index (χ4n) is 8.40. The van der Waals surface area contributed by atoms with Gasteiger partial charge in [0.1, 0.15) is 11.6 Å². The summed E-state index contributed by atoms with van der Waals surface area (Å²) >= 11 is 15.0. The zero-order valence-electron chi connectivity index (χ0n) is 25.9. The molecule has 2 heterocycles. The van der Waals surface area contributed by atoms with Gasteiger partial charge in [-0.3, -0.25) is 28.9 Å². The third-order valence-corrected chi connectivity index (χ3v) is 12.1. The van der Waals surface area contributed by atoms with Crippen LogP contribution < -0.4 is 9.80 Å². The van der Waals surface area contributed by atoms with E-state index in [4.69, 9.17) is 23.2 Å². The van der Waals surface area contributed by atoms with Crippen LogP contribution in [-0.2, 0) is 19.2 Å². The number of hydrogen-bond acceptors (Lipinski definition) is 6. The number of imide groups is 2. The van der Waals surface area contributed by atoms with Crippen molar-refractivity contribution in [3.63, 3.8) is 0 Å². The smallest absolute Gasteiger partial charge is 0.258 e. The van der Waals surface area contributed by atoms with Gasteiger partial charge < -0.3 is 5.11 Å². The Kier molecular flexibility index (Phi) is 6.94. The molecule has 49 heavy (non-hydrogen) atoms. The normalized spacial score (nSPS) is 29.2. The molecule has 0 aromatic heterocycles. The van der Waals surface area contributed by atoms with E-state index in [2.05, 4.69) is 0 Å². The van der Waals surface area contributed by atoms with E-state index in [1.54, 1.807) is 48.5 Å². The molecule has 4 aliphatic rings. The molecule has 2 aliphatic carbocycles. The lowest BCUT2D eigenvalue weighted by Gasteiger charge is -2.51. The SMILES string of the molecule is CC(=O)c1ccc(N2C(=O)[C@H]3[C@H](CC=C4[C@H]3C[C@@]3(Cl)C(=O)N(c5ccc(F)cc5)C(=O)[C@@]3(Cl)[C@H]4c3c(O)ccc4ccccc34)C2=O)cc1. The van der Waals surface area contributed by atoms with E-state index in [9.17, 15) is 33.5 Å². The molecule has 0 bridgehead atoms. The Morgan fingerprint density at radius 1 is 0.816 bits per heavy atom. The van der Waals surface area contributed by atoms with Gasteiger partial charge in [-0.1, -0.05) is 42.0 Å². The molecular formula is C38H27Cl2FN2O6. The molecule has 8 nitrogen and oxygen atoms in total. The first kappa shape index (κ1) is 31.4. The van der Waals surface area contributed by atoms with Crippen molar-refractivity contribution in [2.75, 3.05) is 9.80 Å². The summed E-state index contributed by atoms with van der Waals surface area (Å²) in [7, 11) is 0. The Morgan fingerprint density at radius 2 is 1.47 bits per heavy atom. The summed E-state index contributed by atoms with van der Waals surface area (Å²) in [5.41, 5.74) is 1.58. The Hall–Kier alpha value is -4.86. The second kappa shape index (κ2) is 10.8. The molecule has 1 N–H and O–H groups in total.